The van der Waals surface area contributed by atoms with E-state index in [1.807, 2.05) is 20.8 Å². The number of sulfonamides is 1. The number of hydrogen-bond donors (Lipinski definition) is 1. The average Bonchev–Trinajstić information content (AvgIpc) is 2.81. The Hall–Kier alpha value is -2.98. The van der Waals surface area contributed by atoms with E-state index in [1.165, 1.54) is 16.4 Å². The topological polar surface area (TPSA) is 113 Å². The highest BCUT2D eigenvalue weighted by Gasteiger charge is 2.30. The average molecular weight is 489 g/mol. The van der Waals surface area contributed by atoms with Gasteiger partial charge in [0, 0.05) is 44.4 Å². The van der Waals surface area contributed by atoms with E-state index in [-0.39, 0.29) is 40.7 Å². The van der Waals surface area contributed by atoms with Gasteiger partial charge in [0.2, 0.25) is 10.0 Å². The lowest BCUT2D eigenvalue weighted by atomic mass is 10.0. The van der Waals surface area contributed by atoms with E-state index < -0.39 is 14.9 Å². The molecule has 2 aromatic rings. The molecule has 184 valence electrons. The smallest absolute Gasteiger partial charge is 0.293 e. The summed E-state index contributed by atoms with van der Waals surface area (Å²) in [6.07, 6.45) is 1.75. The molecular weight excluding hydrogens is 456 g/mol. The Labute approximate surface area is 201 Å². The SMILES string of the molecule is CC(C)N(C)C(=O)c1ccc(CNc2ccc(S(=O)(=O)N3CCC[C@H](C)C3)cc2[N+](=O)[O-])cc1. The van der Waals surface area contributed by atoms with Crippen molar-refractivity contribution in [2.45, 2.75) is 51.1 Å². The minimum atomic E-state index is -3.80. The fraction of sp³-hybridized carbons (Fsp3) is 0.458. The monoisotopic (exact) mass is 488 g/mol. The van der Waals surface area contributed by atoms with Gasteiger partial charge in [-0.2, -0.15) is 4.31 Å². The lowest BCUT2D eigenvalue weighted by Crippen LogP contribution is -2.39. The van der Waals surface area contributed by atoms with Crippen LogP contribution >= 0.6 is 0 Å². The van der Waals surface area contributed by atoms with Crippen LogP contribution in [0.3, 0.4) is 0 Å². The zero-order chi connectivity index (χ0) is 25.0. The molecule has 0 saturated carbocycles. The fourth-order valence-electron chi connectivity index (χ4n) is 3.89. The van der Waals surface area contributed by atoms with Gasteiger partial charge in [-0.1, -0.05) is 19.1 Å². The van der Waals surface area contributed by atoms with Crippen LogP contribution in [0.5, 0.6) is 0 Å². The second-order valence-corrected chi connectivity index (χ2v) is 11.0. The number of nitro benzene ring substituents is 1. The third-order valence-electron chi connectivity index (χ3n) is 6.20. The third-order valence-corrected chi connectivity index (χ3v) is 8.06. The lowest BCUT2D eigenvalue weighted by Gasteiger charge is -2.30. The van der Waals surface area contributed by atoms with E-state index in [1.54, 1.807) is 36.2 Å². The molecular formula is C24H32N4O5S. The normalized spacial score (nSPS) is 16.9. The molecule has 1 heterocycles. The molecule has 1 N–H and O–H groups in total. The van der Waals surface area contributed by atoms with Gasteiger partial charge in [-0.3, -0.25) is 14.9 Å². The Morgan fingerprint density at radius 3 is 2.50 bits per heavy atom. The maximum atomic E-state index is 13.0. The van der Waals surface area contributed by atoms with Crippen molar-refractivity contribution in [2.75, 3.05) is 25.5 Å². The first-order chi connectivity index (χ1) is 16.0. The molecule has 0 aliphatic carbocycles. The molecule has 10 heteroatoms. The number of carbonyl (C=O) groups is 1. The van der Waals surface area contributed by atoms with Crippen molar-refractivity contribution < 1.29 is 18.1 Å². The van der Waals surface area contributed by atoms with Gasteiger partial charge in [0.25, 0.3) is 11.6 Å². The maximum absolute atomic E-state index is 13.0. The van der Waals surface area contributed by atoms with Crippen molar-refractivity contribution in [1.82, 2.24) is 9.21 Å². The molecule has 0 unspecified atom stereocenters. The summed E-state index contributed by atoms with van der Waals surface area (Å²) < 4.78 is 27.5. The number of amides is 1. The van der Waals surface area contributed by atoms with Crippen LogP contribution in [0.4, 0.5) is 11.4 Å². The minimum Gasteiger partial charge on any atom is -0.375 e. The number of anilines is 1. The highest BCUT2D eigenvalue weighted by molar-refractivity contribution is 7.89. The van der Waals surface area contributed by atoms with Gasteiger partial charge < -0.3 is 10.2 Å². The minimum absolute atomic E-state index is 0.0732. The van der Waals surface area contributed by atoms with Crippen LogP contribution in [0, 0.1) is 16.0 Å². The van der Waals surface area contributed by atoms with E-state index in [9.17, 15) is 23.3 Å². The molecule has 3 rings (SSSR count). The summed E-state index contributed by atoms with van der Waals surface area (Å²) in [4.78, 5) is 25.1. The van der Waals surface area contributed by atoms with Crippen molar-refractivity contribution in [3.05, 3.63) is 63.7 Å². The molecule has 1 aliphatic heterocycles. The van der Waals surface area contributed by atoms with Crippen LogP contribution in [0.15, 0.2) is 47.4 Å². The number of benzene rings is 2. The van der Waals surface area contributed by atoms with E-state index >= 15 is 0 Å². The number of rotatable bonds is 8. The van der Waals surface area contributed by atoms with Gasteiger partial charge in [0.1, 0.15) is 5.69 Å². The van der Waals surface area contributed by atoms with Gasteiger partial charge in [-0.15, -0.1) is 0 Å². The maximum Gasteiger partial charge on any atom is 0.293 e. The van der Waals surface area contributed by atoms with Crippen molar-refractivity contribution in [3.63, 3.8) is 0 Å². The van der Waals surface area contributed by atoms with Crippen LogP contribution in [-0.2, 0) is 16.6 Å². The highest BCUT2D eigenvalue weighted by atomic mass is 32.2. The van der Waals surface area contributed by atoms with E-state index in [0.29, 0.717) is 18.7 Å². The van der Waals surface area contributed by atoms with Crippen molar-refractivity contribution >= 4 is 27.3 Å². The molecule has 0 bridgehead atoms. The molecule has 2 aromatic carbocycles. The van der Waals surface area contributed by atoms with Gasteiger partial charge in [-0.25, -0.2) is 8.42 Å². The molecule has 1 saturated heterocycles. The van der Waals surface area contributed by atoms with Gasteiger partial charge in [0.05, 0.1) is 9.82 Å². The standard InChI is InChI=1S/C24H32N4O5S/c1-17(2)26(4)24(29)20-9-7-19(8-10-20)15-25-22-12-11-21(14-23(22)28(30)31)34(32,33)27-13-5-6-18(3)16-27/h7-12,14,17-18,25H,5-6,13,15-16H2,1-4H3/t18-/m0/s1. The zero-order valence-electron chi connectivity index (χ0n) is 20.0. The number of hydrogen-bond acceptors (Lipinski definition) is 6. The van der Waals surface area contributed by atoms with Crippen molar-refractivity contribution in [2.24, 2.45) is 5.92 Å². The van der Waals surface area contributed by atoms with Gasteiger partial charge >= 0.3 is 0 Å². The Bertz CT molecular complexity index is 1150. The Balaban J connectivity index is 1.75. The number of nitrogens with zero attached hydrogens (tertiary/aromatic N) is 3. The summed E-state index contributed by atoms with van der Waals surface area (Å²) in [5, 5.41) is 14.7. The first-order valence-electron chi connectivity index (χ1n) is 11.4. The van der Waals surface area contributed by atoms with Gasteiger partial charge in [-0.05, 0) is 62.4 Å². The molecule has 0 spiro atoms. The number of carbonyl (C=O) groups excluding carboxylic acids is 1. The predicted molar refractivity (Wildman–Crippen MR) is 131 cm³/mol. The first-order valence-corrected chi connectivity index (χ1v) is 12.8. The molecule has 1 aliphatic rings. The Kier molecular flexibility index (Phi) is 7.93. The van der Waals surface area contributed by atoms with Crippen molar-refractivity contribution in [3.8, 4) is 0 Å². The summed E-state index contributed by atoms with van der Waals surface area (Å²) in [5.41, 5.74) is 1.33. The van der Waals surface area contributed by atoms with Crippen LogP contribution < -0.4 is 5.32 Å². The molecule has 1 fully saturated rings. The summed E-state index contributed by atoms with van der Waals surface area (Å²) in [6.45, 7) is 7.00. The Morgan fingerprint density at radius 1 is 1.24 bits per heavy atom. The summed E-state index contributed by atoms with van der Waals surface area (Å²) in [7, 11) is -2.05. The van der Waals surface area contributed by atoms with E-state index in [4.69, 9.17) is 0 Å². The van der Waals surface area contributed by atoms with Crippen LogP contribution in [0.2, 0.25) is 0 Å². The number of piperidine rings is 1. The highest BCUT2D eigenvalue weighted by Crippen LogP contribution is 2.31. The lowest BCUT2D eigenvalue weighted by molar-refractivity contribution is -0.384. The fourth-order valence-corrected chi connectivity index (χ4v) is 5.51. The molecule has 34 heavy (non-hydrogen) atoms. The molecule has 0 radical (unpaired) electrons. The second kappa shape index (κ2) is 10.5. The summed E-state index contributed by atoms with van der Waals surface area (Å²) >= 11 is 0. The zero-order valence-corrected chi connectivity index (χ0v) is 20.8. The third kappa shape index (κ3) is 5.74. The molecule has 1 amide bonds. The number of nitro groups is 1. The van der Waals surface area contributed by atoms with Crippen LogP contribution in [-0.4, -0.2) is 54.6 Å². The van der Waals surface area contributed by atoms with Crippen LogP contribution in [0.25, 0.3) is 0 Å². The molecule has 1 atom stereocenters. The second-order valence-electron chi connectivity index (χ2n) is 9.11. The number of nitrogens with one attached hydrogen (secondary N) is 1. The molecule has 9 nitrogen and oxygen atoms in total. The largest absolute Gasteiger partial charge is 0.375 e. The predicted octanol–water partition coefficient (Wildman–Crippen LogP) is 4.11. The summed E-state index contributed by atoms with van der Waals surface area (Å²) in [6, 6.07) is 11.1. The van der Waals surface area contributed by atoms with E-state index in [0.717, 1.165) is 24.5 Å². The first kappa shape index (κ1) is 25.6. The Morgan fingerprint density at radius 2 is 1.91 bits per heavy atom. The quantitative estimate of drug-likeness (QED) is 0.442. The molecule has 0 aromatic heterocycles. The van der Waals surface area contributed by atoms with Crippen molar-refractivity contribution in [1.29, 1.82) is 0 Å². The van der Waals surface area contributed by atoms with E-state index in [2.05, 4.69) is 5.32 Å². The van der Waals surface area contributed by atoms with Gasteiger partial charge in [0.15, 0.2) is 0 Å². The summed E-state index contributed by atoms with van der Waals surface area (Å²) in [5.74, 6) is 0.178. The van der Waals surface area contributed by atoms with Crippen LogP contribution in [0.1, 0.15) is 49.5 Å².